The average Bonchev–Trinajstić information content (AvgIpc) is 1.72. The van der Waals surface area contributed by atoms with Crippen molar-refractivity contribution in [3.8, 4) is 0 Å². The van der Waals surface area contributed by atoms with Gasteiger partial charge in [0.1, 0.15) is 6.26 Å². The summed E-state index contributed by atoms with van der Waals surface area (Å²) in [7, 11) is 0. The van der Waals surface area contributed by atoms with Crippen LogP contribution in [0.3, 0.4) is 0 Å². The molecule has 2 nitrogen and oxygen atoms in total. The molecule has 1 aliphatic rings. The minimum Gasteiger partial charge on any atom is -1.00 e. The molecule has 0 saturated heterocycles. The topological polar surface area (TPSA) is 21.3 Å². The zero-order chi connectivity index (χ0) is 4.24. The standard InChI is InChI=1S/C4H5NO.K.H/c1-2-4-6-5-3-1;;/h1-5H;;/q;+1;-1. The monoisotopic (exact) mass is 123 g/mol. The summed E-state index contributed by atoms with van der Waals surface area (Å²) in [6.07, 6.45) is 6.93. The van der Waals surface area contributed by atoms with E-state index in [-0.39, 0.29) is 52.8 Å². The summed E-state index contributed by atoms with van der Waals surface area (Å²) in [4.78, 5) is 4.55. The van der Waals surface area contributed by atoms with Crippen molar-refractivity contribution >= 4 is 0 Å². The van der Waals surface area contributed by atoms with E-state index in [1.807, 2.05) is 6.08 Å². The molecule has 1 rings (SSSR count). The van der Waals surface area contributed by atoms with Gasteiger partial charge in [0.15, 0.2) is 0 Å². The van der Waals surface area contributed by atoms with Gasteiger partial charge < -0.3 is 6.26 Å². The van der Waals surface area contributed by atoms with Gasteiger partial charge in [-0.3, -0.25) is 0 Å². The van der Waals surface area contributed by atoms with E-state index in [0.29, 0.717) is 0 Å². The Balaban J connectivity index is 0. The smallest absolute Gasteiger partial charge is 1.00 e. The number of hydroxylamine groups is 1. The van der Waals surface area contributed by atoms with Crippen LogP contribution in [0, 0.1) is 0 Å². The third-order valence-corrected chi connectivity index (χ3v) is 0.490. The Labute approximate surface area is 86.5 Å². The largest absolute Gasteiger partial charge is 1.00 e. The van der Waals surface area contributed by atoms with Crippen LogP contribution >= 0.6 is 0 Å². The molecule has 0 amide bonds. The summed E-state index contributed by atoms with van der Waals surface area (Å²) in [5, 5.41) is 0. The van der Waals surface area contributed by atoms with E-state index in [1.54, 1.807) is 18.5 Å². The van der Waals surface area contributed by atoms with E-state index in [2.05, 4.69) is 10.3 Å². The maximum absolute atomic E-state index is 4.55. The molecular formula is C4H6KNO. The second-order valence-corrected chi connectivity index (χ2v) is 0.923. The molecule has 0 aromatic heterocycles. The fourth-order valence-corrected chi connectivity index (χ4v) is 0.258. The zero-order valence-electron chi connectivity index (χ0n) is 5.22. The van der Waals surface area contributed by atoms with Gasteiger partial charge in [-0.2, -0.15) is 0 Å². The van der Waals surface area contributed by atoms with Crippen molar-refractivity contribution in [1.29, 1.82) is 0 Å². The molecule has 0 radical (unpaired) electrons. The Morgan fingerprint density at radius 3 is 2.43 bits per heavy atom. The van der Waals surface area contributed by atoms with Gasteiger partial charge in [0.05, 0.1) is 0 Å². The van der Waals surface area contributed by atoms with Crippen LogP contribution in [0.4, 0.5) is 0 Å². The predicted octanol–water partition coefficient (Wildman–Crippen LogP) is -2.33. The molecule has 0 saturated carbocycles. The van der Waals surface area contributed by atoms with Crippen LogP contribution in [0.25, 0.3) is 0 Å². The first-order chi connectivity index (χ1) is 3.00. The summed E-state index contributed by atoms with van der Waals surface area (Å²) in [6.45, 7) is 0. The van der Waals surface area contributed by atoms with Crippen molar-refractivity contribution in [2.24, 2.45) is 0 Å². The van der Waals surface area contributed by atoms with E-state index < -0.39 is 0 Å². The minimum atomic E-state index is 0. The van der Waals surface area contributed by atoms with E-state index in [0.717, 1.165) is 0 Å². The summed E-state index contributed by atoms with van der Waals surface area (Å²) in [5.74, 6) is 0. The van der Waals surface area contributed by atoms with Gasteiger partial charge >= 0.3 is 51.4 Å². The zero-order valence-corrected chi connectivity index (χ0v) is 7.34. The quantitative estimate of drug-likeness (QED) is 0.365. The van der Waals surface area contributed by atoms with Gasteiger partial charge in [-0.15, -0.1) is 0 Å². The molecule has 7 heavy (non-hydrogen) atoms. The van der Waals surface area contributed by atoms with Gasteiger partial charge in [0, 0.05) is 6.20 Å². The summed E-state index contributed by atoms with van der Waals surface area (Å²) in [5.41, 5.74) is 2.52. The van der Waals surface area contributed by atoms with Gasteiger partial charge in [0.25, 0.3) is 0 Å². The van der Waals surface area contributed by atoms with Crippen molar-refractivity contribution < 1.29 is 57.6 Å². The van der Waals surface area contributed by atoms with Gasteiger partial charge in [-0.25, -0.2) is 5.48 Å². The van der Waals surface area contributed by atoms with Crippen molar-refractivity contribution in [2.45, 2.75) is 0 Å². The van der Waals surface area contributed by atoms with Crippen LogP contribution in [-0.2, 0) is 4.84 Å². The number of allylic oxidation sites excluding steroid dienone is 2. The second kappa shape index (κ2) is 4.87. The van der Waals surface area contributed by atoms with Crippen molar-refractivity contribution in [3.05, 3.63) is 24.6 Å². The number of hydrogen-bond donors (Lipinski definition) is 1. The fraction of sp³-hybridized carbons (Fsp3) is 0. The van der Waals surface area contributed by atoms with E-state index in [9.17, 15) is 0 Å². The van der Waals surface area contributed by atoms with Crippen LogP contribution in [-0.4, -0.2) is 0 Å². The first kappa shape index (κ1) is 7.72. The van der Waals surface area contributed by atoms with Crippen molar-refractivity contribution in [2.75, 3.05) is 0 Å². The molecule has 0 aromatic rings. The predicted molar refractivity (Wildman–Crippen MR) is 23.6 cm³/mol. The Bertz CT molecular complexity index is 82.0. The third-order valence-electron chi connectivity index (χ3n) is 0.490. The molecule has 0 aromatic carbocycles. The van der Waals surface area contributed by atoms with E-state index in [4.69, 9.17) is 0 Å². The first-order valence-corrected chi connectivity index (χ1v) is 1.73. The first-order valence-electron chi connectivity index (χ1n) is 1.73. The van der Waals surface area contributed by atoms with Gasteiger partial charge in [0.2, 0.25) is 0 Å². The maximum atomic E-state index is 4.55. The molecular weight excluding hydrogens is 117 g/mol. The van der Waals surface area contributed by atoms with Crippen LogP contribution in [0.2, 0.25) is 0 Å². The Morgan fingerprint density at radius 1 is 1.43 bits per heavy atom. The summed E-state index contributed by atoms with van der Waals surface area (Å²) >= 11 is 0. The maximum Gasteiger partial charge on any atom is 1.00 e. The van der Waals surface area contributed by atoms with Crippen LogP contribution in [0.5, 0.6) is 0 Å². The van der Waals surface area contributed by atoms with E-state index in [1.165, 1.54) is 0 Å². The molecule has 1 heterocycles. The van der Waals surface area contributed by atoms with Gasteiger partial charge in [-0.1, -0.05) is 0 Å². The molecule has 1 N–H and O–H groups in total. The molecule has 0 unspecified atom stereocenters. The average molecular weight is 123 g/mol. The summed E-state index contributed by atoms with van der Waals surface area (Å²) < 4.78 is 0. The third kappa shape index (κ3) is 3.31. The van der Waals surface area contributed by atoms with Crippen molar-refractivity contribution in [3.63, 3.8) is 0 Å². The molecule has 0 atom stereocenters. The van der Waals surface area contributed by atoms with Crippen LogP contribution < -0.4 is 56.9 Å². The van der Waals surface area contributed by atoms with Crippen LogP contribution in [0.1, 0.15) is 1.43 Å². The second-order valence-electron chi connectivity index (χ2n) is 0.923. The number of hydrogen-bond acceptors (Lipinski definition) is 2. The molecule has 3 heteroatoms. The molecule has 1 aliphatic heterocycles. The SMILES string of the molecule is C1=CNOC=C1.[H-].[K+]. The van der Waals surface area contributed by atoms with Crippen LogP contribution in [0.15, 0.2) is 24.6 Å². The van der Waals surface area contributed by atoms with Gasteiger partial charge in [-0.05, 0) is 12.2 Å². The molecule has 0 aliphatic carbocycles. The Morgan fingerprint density at radius 2 is 2.29 bits per heavy atom. The molecule has 0 spiro atoms. The summed E-state index contributed by atoms with van der Waals surface area (Å²) in [6, 6.07) is 0. The Hall–Kier alpha value is 0.716. The molecule has 0 fully saturated rings. The molecule has 0 bridgehead atoms. The van der Waals surface area contributed by atoms with E-state index >= 15 is 0 Å². The Kier molecular flexibility index (Phi) is 5.36. The fourth-order valence-electron chi connectivity index (χ4n) is 0.258. The molecule has 34 valence electrons. The minimum absolute atomic E-state index is 0. The number of rotatable bonds is 0. The normalized spacial score (nSPS) is 13.7. The van der Waals surface area contributed by atoms with Crippen molar-refractivity contribution in [1.82, 2.24) is 5.48 Å². The number of nitrogens with one attached hydrogen (secondary N) is 1.